The number of fused-ring (bicyclic) bond motifs is 1. The smallest absolute Gasteiger partial charge is 0.348 e. The minimum Gasteiger partial charge on any atom is -0.479 e. The van der Waals surface area contributed by atoms with Crippen LogP contribution < -0.4 is 5.73 Å². The van der Waals surface area contributed by atoms with Gasteiger partial charge in [-0.15, -0.1) is 0 Å². The maximum atomic E-state index is 15.0. The first-order valence-electron chi connectivity index (χ1n) is 9.92. The highest BCUT2D eigenvalue weighted by Gasteiger charge is 2.52. The summed E-state index contributed by atoms with van der Waals surface area (Å²) < 4.78 is 27.0. The van der Waals surface area contributed by atoms with E-state index in [9.17, 15) is 29.3 Å². The van der Waals surface area contributed by atoms with E-state index in [-0.39, 0.29) is 22.3 Å². The first-order chi connectivity index (χ1) is 16.1. The van der Waals surface area contributed by atoms with Gasteiger partial charge >= 0.3 is 11.9 Å². The number of carbonyl (C=O) groups is 2. The topological polar surface area (TPSA) is 183 Å². The highest BCUT2D eigenvalue weighted by molar-refractivity contribution is 6.28. The lowest BCUT2D eigenvalue weighted by molar-refractivity contribution is -0.190. The first-order valence-corrected chi connectivity index (χ1v) is 10.3. The van der Waals surface area contributed by atoms with Crippen LogP contribution in [0.3, 0.4) is 0 Å². The molecule has 1 aliphatic rings. The number of hydrogen-bond donors (Lipinski definition) is 4. The van der Waals surface area contributed by atoms with Crippen LogP contribution in [0.2, 0.25) is 5.28 Å². The molecule has 3 heterocycles. The van der Waals surface area contributed by atoms with Crippen LogP contribution in [0.4, 0.5) is 10.2 Å². The molecule has 5 N–H and O–H groups in total. The molecule has 4 rings (SSSR count). The molecule has 12 nitrogen and oxygen atoms in total. The zero-order valence-electron chi connectivity index (χ0n) is 17.3. The molecule has 0 aliphatic carbocycles. The number of alkyl halides is 1. The van der Waals surface area contributed by atoms with Crippen molar-refractivity contribution < 1.29 is 38.8 Å². The zero-order chi connectivity index (χ0) is 24.6. The maximum Gasteiger partial charge on any atom is 0.348 e. The van der Waals surface area contributed by atoms with Crippen LogP contribution in [0, 0.1) is 0 Å². The van der Waals surface area contributed by atoms with Gasteiger partial charge in [-0.3, -0.25) is 4.57 Å². The van der Waals surface area contributed by atoms with Crippen LogP contribution in [0.15, 0.2) is 36.7 Å². The molecule has 3 aromatic rings. The van der Waals surface area contributed by atoms with Crippen molar-refractivity contribution in [1.82, 2.24) is 19.5 Å². The van der Waals surface area contributed by atoms with E-state index in [2.05, 4.69) is 15.0 Å². The lowest BCUT2D eigenvalue weighted by atomic mass is 9.94. The fourth-order valence-corrected chi connectivity index (χ4v) is 3.86. The van der Waals surface area contributed by atoms with Gasteiger partial charge in [-0.05, 0) is 17.2 Å². The molecule has 1 fully saturated rings. The van der Waals surface area contributed by atoms with Crippen molar-refractivity contribution in [3.8, 4) is 0 Å². The van der Waals surface area contributed by atoms with Crippen LogP contribution in [0.25, 0.3) is 11.2 Å². The van der Waals surface area contributed by atoms with Crippen molar-refractivity contribution >= 4 is 40.5 Å². The molecule has 0 radical (unpaired) electrons. The predicted octanol–water partition coefficient (Wildman–Crippen LogP) is 0.826. The lowest BCUT2D eigenvalue weighted by Gasteiger charge is -2.27. The van der Waals surface area contributed by atoms with Crippen molar-refractivity contribution in [3.63, 3.8) is 0 Å². The summed E-state index contributed by atoms with van der Waals surface area (Å²) in [7, 11) is 0. The lowest BCUT2D eigenvalue weighted by Crippen LogP contribution is -2.52. The molecule has 1 aliphatic heterocycles. The molecule has 0 bridgehead atoms. The molecule has 2 aromatic heterocycles. The fourth-order valence-electron chi connectivity index (χ4n) is 3.69. The van der Waals surface area contributed by atoms with Crippen LogP contribution >= 0.6 is 11.6 Å². The number of anilines is 1. The van der Waals surface area contributed by atoms with Gasteiger partial charge in [0.05, 0.1) is 12.9 Å². The summed E-state index contributed by atoms with van der Waals surface area (Å²) in [6, 6.07) is 8.00. The van der Waals surface area contributed by atoms with Gasteiger partial charge in [0.25, 0.3) is 5.60 Å². The largest absolute Gasteiger partial charge is 0.479 e. The summed E-state index contributed by atoms with van der Waals surface area (Å²) in [5.74, 6) is -3.56. The van der Waals surface area contributed by atoms with E-state index < -0.39 is 55.2 Å². The van der Waals surface area contributed by atoms with Crippen LogP contribution in [0.1, 0.15) is 11.8 Å². The Bertz CT molecular complexity index is 1210. The molecule has 0 amide bonds. The number of nitrogen functional groups attached to an aromatic ring is 1. The molecular weight excluding hydrogens is 477 g/mol. The number of carboxylic acids is 2. The number of aromatic nitrogens is 4. The van der Waals surface area contributed by atoms with Gasteiger partial charge in [-0.1, -0.05) is 30.3 Å². The summed E-state index contributed by atoms with van der Waals surface area (Å²) in [5, 5.41) is 29.5. The molecule has 14 heteroatoms. The van der Waals surface area contributed by atoms with Crippen molar-refractivity contribution in [3.05, 3.63) is 47.5 Å². The summed E-state index contributed by atoms with van der Waals surface area (Å²) in [4.78, 5) is 35.6. The van der Waals surface area contributed by atoms with Gasteiger partial charge in [0, 0.05) is 6.42 Å². The first kappa shape index (κ1) is 23.8. The average molecular weight is 496 g/mol. The van der Waals surface area contributed by atoms with Gasteiger partial charge in [0.2, 0.25) is 5.28 Å². The van der Waals surface area contributed by atoms with Gasteiger partial charge in [0.15, 0.2) is 23.9 Å². The van der Waals surface area contributed by atoms with E-state index in [4.69, 9.17) is 26.8 Å². The Hall–Kier alpha value is -3.39. The molecule has 180 valence electrons. The van der Waals surface area contributed by atoms with E-state index in [1.165, 1.54) is 6.33 Å². The number of nitrogens with two attached hydrogens (primary N) is 1. The molecule has 4 atom stereocenters. The number of rotatable bonds is 8. The van der Waals surface area contributed by atoms with Crippen LogP contribution in [-0.2, 0) is 25.5 Å². The molecular formula is C20H19ClFN5O7. The molecule has 34 heavy (non-hydrogen) atoms. The Labute approximate surface area is 195 Å². The van der Waals surface area contributed by atoms with Crippen molar-refractivity contribution in [2.45, 2.75) is 36.6 Å². The highest BCUT2D eigenvalue weighted by atomic mass is 35.5. The van der Waals surface area contributed by atoms with Crippen molar-refractivity contribution in [1.29, 1.82) is 0 Å². The number of carboxylic acid groups (broad SMARTS) is 2. The van der Waals surface area contributed by atoms with Gasteiger partial charge in [0.1, 0.15) is 17.7 Å². The van der Waals surface area contributed by atoms with E-state index in [0.29, 0.717) is 5.56 Å². The van der Waals surface area contributed by atoms with Crippen molar-refractivity contribution in [2.75, 3.05) is 12.3 Å². The van der Waals surface area contributed by atoms with Gasteiger partial charge < -0.3 is 30.5 Å². The second-order valence-electron chi connectivity index (χ2n) is 7.61. The average Bonchev–Trinajstić information content (AvgIpc) is 3.33. The third-order valence-electron chi connectivity index (χ3n) is 5.47. The predicted molar refractivity (Wildman–Crippen MR) is 114 cm³/mol. The second kappa shape index (κ2) is 9.10. The Kier molecular flexibility index (Phi) is 6.36. The molecule has 1 saturated heterocycles. The minimum absolute atomic E-state index is 0.0452. The summed E-state index contributed by atoms with van der Waals surface area (Å²) in [6.45, 7) is -0.728. The summed E-state index contributed by atoms with van der Waals surface area (Å²) >= 11 is 5.82. The SMILES string of the molecule is Nc1nc(Cl)nc2c1ncn2C1O[C@H](COC(Cc2ccccc2)(C(=O)O)C(=O)O)[C@@H](O)[C@@H]1F. The van der Waals surface area contributed by atoms with E-state index in [1.807, 2.05) is 0 Å². The number of hydrogen-bond acceptors (Lipinski definition) is 9. The third kappa shape index (κ3) is 4.14. The Morgan fingerprint density at radius 1 is 1.24 bits per heavy atom. The fraction of sp³-hybridized carbons (Fsp3) is 0.350. The number of aliphatic carboxylic acids is 2. The molecule has 1 aromatic carbocycles. The minimum atomic E-state index is -2.69. The monoisotopic (exact) mass is 495 g/mol. The Morgan fingerprint density at radius 2 is 1.91 bits per heavy atom. The number of halogens is 2. The van der Waals surface area contributed by atoms with Crippen LogP contribution in [-0.4, -0.2) is 77.4 Å². The molecule has 0 saturated carbocycles. The normalized spacial score (nSPS) is 22.8. The Morgan fingerprint density at radius 3 is 2.56 bits per heavy atom. The summed E-state index contributed by atoms with van der Waals surface area (Å²) in [6.07, 6.45) is -5.97. The molecule has 0 spiro atoms. The number of aliphatic hydroxyl groups is 1. The maximum absolute atomic E-state index is 15.0. The number of nitrogens with zero attached hydrogens (tertiary/aromatic N) is 4. The second-order valence-corrected chi connectivity index (χ2v) is 7.95. The van der Waals surface area contributed by atoms with Gasteiger partial charge in [-0.25, -0.2) is 19.0 Å². The number of aliphatic hydroxyl groups excluding tert-OH is 1. The Balaban J connectivity index is 1.57. The van der Waals surface area contributed by atoms with Crippen LogP contribution in [0.5, 0.6) is 0 Å². The quantitative estimate of drug-likeness (QED) is 0.256. The number of ether oxygens (including phenoxy) is 2. The number of imidazole rings is 1. The zero-order valence-corrected chi connectivity index (χ0v) is 18.0. The van der Waals surface area contributed by atoms with E-state index >= 15 is 0 Å². The van der Waals surface area contributed by atoms with Gasteiger partial charge in [-0.2, -0.15) is 9.97 Å². The van der Waals surface area contributed by atoms with E-state index in [0.717, 1.165) is 4.57 Å². The molecule has 1 unspecified atom stereocenters. The number of benzene rings is 1. The summed E-state index contributed by atoms with van der Waals surface area (Å²) in [5.41, 5.74) is 3.63. The standard InChI is InChI=1S/C20H19ClFN5O7/c21-19-25-14(23)12-15(26-19)27(8-24-12)16-11(22)13(28)10(34-16)7-33-20(17(29)30,18(31)32)6-9-4-2-1-3-5-9/h1-5,8,10-11,13,16,28H,6-7H2,(H,29,30)(H,31,32)(H2,23,25,26)/t10-,11+,13-,16?/m1/s1. The van der Waals surface area contributed by atoms with Crippen molar-refractivity contribution in [2.24, 2.45) is 0 Å². The third-order valence-corrected chi connectivity index (χ3v) is 5.64. The van der Waals surface area contributed by atoms with E-state index in [1.54, 1.807) is 30.3 Å². The highest BCUT2D eigenvalue weighted by Crippen LogP contribution is 2.35.